The van der Waals surface area contributed by atoms with E-state index in [4.69, 9.17) is 9.05 Å². The quantitative estimate of drug-likeness (QED) is 0.172. The Hall–Kier alpha value is -4.63. The third-order valence-electron chi connectivity index (χ3n) is 7.60. The smallest absolute Gasteiger partial charge is 0.395 e. The molecule has 186 valence electrons. The van der Waals surface area contributed by atoms with Crippen LogP contribution in [0.1, 0.15) is 0 Å². The summed E-state index contributed by atoms with van der Waals surface area (Å²) in [6, 6.07) is 40.4. The molecule has 0 saturated carbocycles. The van der Waals surface area contributed by atoms with E-state index in [1.54, 1.807) is 6.07 Å². The van der Waals surface area contributed by atoms with Crippen LogP contribution in [-0.2, 0) is 4.57 Å². The van der Waals surface area contributed by atoms with E-state index < -0.39 is 7.82 Å². The normalized spacial score (nSPS) is 16.4. The van der Waals surface area contributed by atoms with Gasteiger partial charge in [-0.15, -0.1) is 0 Å². The van der Waals surface area contributed by atoms with Gasteiger partial charge in [0.2, 0.25) is 0 Å². The van der Waals surface area contributed by atoms with Gasteiger partial charge in [-0.1, -0.05) is 103 Å². The molecule has 0 amide bonds. The minimum absolute atomic E-state index is 0.323. The summed E-state index contributed by atoms with van der Waals surface area (Å²) in [6.45, 7) is 0. The average molecular weight is 525 g/mol. The monoisotopic (exact) mass is 524 g/mol. The SMILES string of the molecule is O=P1(O)Oc2ccc3ccccc3c2-c2c(c(-c3c4ccccc4cc4ccccc34)cc3ccccc23)O1. The lowest BCUT2D eigenvalue weighted by Crippen LogP contribution is -1.99. The van der Waals surface area contributed by atoms with Gasteiger partial charge in [-0.3, -0.25) is 4.89 Å². The fourth-order valence-electron chi connectivity index (χ4n) is 6.00. The molecule has 4 nitrogen and oxygen atoms in total. The van der Waals surface area contributed by atoms with Gasteiger partial charge in [-0.25, -0.2) is 4.57 Å². The molecule has 7 aromatic carbocycles. The highest BCUT2D eigenvalue weighted by Gasteiger charge is 2.36. The molecule has 1 aliphatic heterocycles. The molecular weight excluding hydrogens is 503 g/mol. The van der Waals surface area contributed by atoms with Crippen LogP contribution in [0.25, 0.3) is 65.3 Å². The summed E-state index contributed by atoms with van der Waals surface area (Å²) in [5.41, 5.74) is 3.20. The van der Waals surface area contributed by atoms with Crippen molar-refractivity contribution >= 4 is 50.9 Å². The van der Waals surface area contributed by atoms with Gasteiger partial charge in [-0.05, 0) is 61.3 Å². The van der Waals surface area contributed by atoms with Crippen LogP contribution in [0.2, 0.25) is 0 Å². The second kappa shape index (κ2) is 8.18. The highest BCUT2D eigenvalue weighted by molar-refractivity contribution is 7.48. The third-order valence-corrected chi connectivity index (χ3v) is 8.44. The Kier molecular flexibility index (Phi) is 4.69. The molecule has 0 saturated heterocycles. The summed E-state index contributed by atoms with van der Waals surface area (Å²) in [4.78, 5) is 11.0. The van der Waals surface area contributed by atoms with Gasteiger partial charge in [-0.2, -0.15) is 0 Å². The largest absolute Gasteiger partial charge is 0.584 e. The number of phosphoric acid groups is 1. The molecule has 0 aromatic heterocycles. The highest BCUT2D eigenvalue weighted by atomic mass is 31.2. The predicted octanol–water partition coefficient (Wildman–Crippen LogP) is 9.50. The van der Waals surface area contributed by atoms with E-state index in [9.17, 15) is 9.46 Å². The zero-order valence-corrected chi connectivity index (χ0v) is 21.6. The lowest BCUT2D eigenvalue weighted by molar-refractivity contribution is 0.295. The van der Waals surface area contributed by atoms with Crippen molar-refractivity contribution in [3.63, 3.8) is 0 Å². The average Bonchev–Trinajstić information content (AvgIpc) is 3.08. The van der Waals surface area contributed by atoms with Crippen molar-refractivity contribution < 1.29 is 18.5 Å². The molecule has 0 aliphatic carbocycles. The third kappa shape index (κ3) is 3.39. The molecule has 0 fully saturated rings. The summed E-state index contributed by atoms with van der Waals surface area (Å²) < 4.78 is 25.3. The minimum Gasteiger partial charge on any atom is -0.395 e. The highest BCUT2D eigenvalue weighted by Crippen LogP contribution is 2.60. The zero-order chi connectivity index (χ0) is 26.1. The van der Waals surface area contributed by atoms with Crippen LogP contribution in [0, 0.1) is 0 Å². The lowest BCUT2D eigenvalue weighted by Gasteiger charge is -2.20. The van der Waals surface area contributed by atoms with Gasteiger partial charge in [0.1, 0.15) is 11.5 Å². The van der Waals surface area contributed by atoms with Gasteiger partial charge in [0.25, 0.3) is 0 Å². The second-order valence-electron chi connectivity index (χ2n) is 9.85. The molecular formula is C34H21O4P. The summed E-state index contributed by atoms with van der Waals surface area (Å²) in [6.07, 6.45) is 0. The van der Waals surface area contributed by atoms with Crippen LogP contribution in [0.3, 0.4) is 0 Å². The summed E-state index contributed by atoms with van der Waals surface area (Å²) in [5, 5.41) is 8.08. The Morgan fingerprint density at radius 1 is 0.487 bits per heavy atom. The fraction of sp³-hybridized carbons (Fsp3) is 0. The molecule has 1 aliphatic rings. The minimum atomic E-state index is -4.52. The Balaban J connectivity index is 1.63. The Labute approximate surface area is 224 Å². The molecule has 0 radical (unpaired) electrons. The summed E-state index contributed by atoms with van der Waals surface area (Å²) >= 11 is 0. The van der Waals surface area contributed by atoms with E-state index in [0.29, 0.717) is 11.5 Å². The van der Waals surface area contributed by atoms with E-state index in [0.717, 1.165) is 65.3 Å². The van der Waals surface area contributed by atoms with Gasteiger partial charge in [0.05, 0.1) is 0 Å². The Morgan fingerprint density at radius 3 is 1.59 bits per heavy atom. The summed E-state index contributed by atoms with van der Waals surface area (Å²) in [5.74, 6) is 0.666. The Bertz CT molecular complexity index is 2130. The number of fused-ring (bicyclic) bond motifs is 9. The lowest BCUT2D eigenvalue weighted by atomic mass is 9.86. The Morgan fingerprint density at radius 2 is 0.974 bits per heavy atom. The maximum Gasteiger partial charge on any atom is 0.584 e. The van der Waals surface area contributed by atoms with E-state index in [1.165, 1.54) is 0 Å². The van der Waals surface area contributed by atoms with Crippen LogP contribution in [0.15, 0.2) is 121 Å². The predicted molar refractivity (Wildman–Crippen MR) is 158 cm³/mol. The topological polar surface area (TPSA) is 55.8 Å². The van der Waals surface area contributed by atoms with Crippen molar-refractivity contribution in [1.29, 1.82) is 0 Å². The van der Waals surface area contributed by atoms with E-state index >= 15 is 0 Å². The first-order chi connectivity index (χ1) is 19.1. The molecule has 1 atom stereocenters. The molecule has 8 rings (SSSR count). The van der Waals surface area contributed by atoms with Gasteiger partial charge in [0, 0.05) is 22.3 Å². The van der Waals surface area contributed by atoms with Crippen LogP contribution in [0.4, 0.5) is 0 Å². The van der Waals surface area contributed by atoms with E-state index in [1.807, 2.05) is 72.8 Å². The maximum absolute atomic E-state index is 13.5. The molecule has 5 heteroatoms. The number of rotatable bonds is 1. The molecule has 1 N–H and O–H groups in total. The molecule has 1 unspecified atom stereocenters. The van der Waals surface area contributed by atoms with Gasteiger partial charge >= 0.3 is 7.82 Å². The summed E-state index contributed by atoms with van der Waals surface area (Å²) in [7, 11) is -4.52. The van der Waals surface area contributed by atoms with E-state index in [-0.39, 0.29) is 0 Å². The van der Waals surface area contributed by atoms with E-state index in [2.05, 4.69) is 42.5 Å². The molecule has 0 bridgehead atoms. The van der Waals surface area contributed by atoms with Crippen molar-refractivity contribution in [3.8, 4) is 33.8 Å². The number of hydrogen-bond acceptors (Lipinski definition) is 3. The van der Waals surface area contributed by atoms with Crippen molar-refractivity contribution in [2.75, 3.05) is 0 Å². The van der Waals surface area contributed by atoms with Gasteiger partial charge < -0.3 is 9.05 Å². The zero-order valence-electron chi connectivity index (χ0n) is 20.7. The number of benzene rings is 7. The number of hydrogen-bond donors (Lipinski definition) is 1. The first kappa shape index (κ1) is 22.4. The molecule has 1 heterocycles. The molecule has 39 heavy (non-hydrogen) atoms. The maximum atomic E-state index is 13.5. The van der Waals surface area contributed by atoms with Crippen LogP contribution < -0.4 is 9.05 Å². The standard InChI is InChI=1S/C34H21O4P/c35-39(36)37-30-18-17-21-9-1-5-13-25(21)32(30)33-28-16-8-4-12-24(28)20-29(34(33)38-39)31-26-14-6-2-10-22(26)19-23-11-3-7-15-27(23)31/h1-20H,(H,35,36). The second-order valence-corrected chi connectivity index (χ2v) is 11.2. The first-order valence-electron chi connectivity index (χ1n) is 12.8. The van der Waals surface area contributed by atoms with Crippen molar-refractivity contribution in [1.82, 2.24) is 0 Å². The first-order valence-corrected chi connectivity index (χ1v) is 14.3. The molecule has 7 aromatic rings. The van der Waals surface area contributed by atoms with Crippen molar-refractivity contribution in [2.45, 2.75) is 0 Å². The van der Waals surface area contributed by atoms with Crippen LogP contribution >= 0.6 is 7.82 Å². The van der Waals surface area contributed by atoms with Crippen molar-refractivity contribution in [2.24, 2.45) is 0 Å². The fourth-order valence-corrected chi connectivity index (χ4v) is 6.86. The van der Waals surface area contributed by atoms with Crippen LogP contribution in [0.5, 0.6) is 11.5 Å². The van der Waals surface area contributed by atoms with Crippen molar-refractivity contribution in [3.05, 3.63) is 121 Å². The van der Waals surface area contributed by atoms with Gasteiger partial charge in [0.15, 0.2) is 0 Å². The number of phosphoric ester groups is 1. The van der Waals surface area contributed by atoms with Crippen LogP contribution in [-0.4, -0.2) is 4.89 Å². The molecule has 0 spiro atoms.